The highest BCUT2D eigenvalue weighted by atomic mass is 32.2. The van der Waals surface area contributed by atoms with Gasteiger partial charge in [-0.1, -0.05) is 18.2 Å². The van der Waals surface area contributed by atoms with Crippen molar-refractivity contribution < 1.29 is 13.2 Å². The summed E-state index contributed by atoms with van der Waals surface area (Å²) in [6, 6.07) is 19.4. The van der Waals surface area contributed by atoms with E-state index in [0.717, 1.165) is 40.3 Å². The molecule has 208 valence electrons. The molecule has 2 atom stereocenters. The van der Waals surface area contributed by atoms with Gasteiger partial charge in [0.2, 0.25) is 10.0 Å². The van der Waals surface area contributed by atoms with Gasteiger partial charge < -0.3 is 19.5 Å². The standard InChI is InChI=1S/C30H33N5O3S2/c1-18-10-11-19(2)26(15-18)34-20(3)16-23(21(34)4)29-28(24-9-7-8-14-31-24)32-30(39)35(29)22-12-13-27(38-5)25(17-22)33-40(6,36)37/h7-17,28-29,33H,1-6H3,(H,32,39)/t28-,29-/m0/s1. The number of nitrogens with one attached hydrogen (secondary N) is 2. The second-order valence-corrected chi connectivity index (χ2v) is 12.3. The topological polar surface area (TPSA) is 88.5 Å². The number of benzene rings is 2. The third-order valence-corrected chi connectivity index (χ3v) is 8.15. The highest BCUT2D eigenvalue weighted by Gasteiger charge is 2.42. The first-order valence-corrected chi connectivity index (χ1v) is 15.2. The number of nitrogens with zero attached hydrogens (tertiary/aromatic N) is 3. The van der Waals surface area contributed by atoms with Gasteiger partial charge in [-0.15, -0.1) is 0 Å². The average Bonchev–Trinajstić information content (AvgIpc) is 3.40. The maximum absolute atomic E-state index is 12.1. The van der Waals surface area contributed by atoms with E-state index < -0.39 is 10.0 Å². The van der Waals surface area contributed by atoms with E-state index in [1.807, 2.05) is 29.2 Å². The van der Waals surface area contributed by atoms with Crippen LogP contribution in [0, 0.1) is 27.7 Å². The SMILES string of the molecule is COc1ccc(N2C(=S)N[C@@H](c3ccccn3)[C@@H]2c2cc(C)n(-c3cc(C)ccc3C)c2C)cc1NS(C)(=O)=O. The molecule has 0 saturated carbocycles. The number of pyridine rings is 1. The van der Waals surface area contributed by atoms with Gasteiger partial charge in [-0.25, -0.2) is 8.42 Å². The van der Waals surface area contributed by atoms with E-state index in [2.05, 4.69) is 71.6 Å². The molecule has 1 saturated heterocycles. The highest BCUT2D eigenvalue weighted by Crippen LogP contribution is 2.45. The Bertz CT molecular complexity index is 1700. The summed E-state index contributed by atoms with van der Waals surface area (Å²) < 4.78 is 34.6. The van der Waals surface area contributed by atoms with E-state index in [4.69, 9.17) is 17.0 Å². The second-order valence-electron chi connectivity index (χ2n) is 10.2. The van der Waals surface area contributed by atoms with E-state index in [1.165, 1.54) is 18.2 Å². The van der Waals surface area contributed by atoms with Gasteiger partial charge in [0.05, 0.1) is 36.8 Å². The van der Waals surface area contributed by atoms with Gasteiger partial charge in [0.15, 0.2) is 5.11 Å². The predicted molar refractivity (Wildman–Crippen MR) is 164 cm³/mol. The molecule has 8 nitrogen and oxygen atoms in total. The fourth-order valence-corrected chi connectivity index (χ4v) is 6.40. The Kier molecular flexibility index (Phi) is 7.32. The Hall–Kier alpha value is -3.89. The van der Waals surface area contributed by atoms with Gasteiger partial charge in [-0.05, 0) is 99.1 Å². The smallest absolute Gasteiger partial charge is 0.229 e. The molecule has 2 aromatic carbocycles. The molecule has 5 rings (SSSR count). The van der Waals surface area contributed by atoms with Crippen LogP contribution in [-0.4, -0.2) is 36.4 Å². The maximum atomic E-state index is 12.1. The van der Waals surface area contributed by atoms with Crippen LogP contribution in [0.1, 0.15) is 45.9 Å². The van der Waals surface area contributed by atoms with Crippen molar-refractivity contribution >= 4 is 38.7 Å². The van der Waals surface area contributed by atoms with Crippen molar-refractivity contribution in [2.75, 3.05) is 23.0 Å². The lowest BCUT2D eigenvalue weighted by Crippen LogP contribution is -2.29. The van der Waals surface area contributed by atoms with Crippen LogP contribution in [0.4, 0.5) is 11.4 Å². The average molecular weight is 576 g/mol. The van der Waals surface area contributed by atoms with Crippen LogP contribution in [0.15, 0.2) is 66.9 Å². The number of rotatable bonds is 7. The summed E-state index contributed by atoms with van der Waals surface area (Å²) >= 11 is 5.92. The van der Waals surface area contributed by atoms with E-state index in [0.29, 0.717) is 16.5 Å². The molecule has 0 amide bonds. The van der Waals surface area contributed by atoms with Gasteiger partial charge in [-0.2, -0.15) is 0 Å². The summed E-state index contributed by atoms with van der Waals surface area (Å²) in [7, 11) is -2.03. The highest BCUT2D eigenvalue weighted by molar-refractivity contribution is 7.92. The Labute approximate surface area is 241 Å². The zero-order chi connectivity index (χ0) is 28.8. The van der Waals surface area contributed by atoms with Crippen molar-refractivity contribution in [3.05, 3.63) is 101 Å². The molecule has 0 radical (unpaired) electrons. The Morgan fingerprint density at radius 2 is 1.80 bits per heavy atom. The van der Waals surface area contributed by atoms with Gasteiger partial charge in [0.25, 0.3) is 0 Å². The minimum atomic E-state index is -3.54. The normalized spacial score (nSPS) is 17.1. The predicted octanol–water partition coefficient (Wildman–Crippen LogP) is 5.66. The van der Waals surface area contributed by atoms with Crippen molar-refractivity contribution in [3.63, 3.8) is 0 Å². The number of hydrogen-bond donors (Lipinski definition) is 2. The molecule has 0 unspecified atom stereocenters. The van der Waals surface area contributed by atoms with Crippen LogP contribution in [0.3, 0.4) is 0 Å². The molecule has 1 fully saturated rings. The number of thiocarbonyl (C=S) groups is 1. The summed E-state index contributed by atoms with van der Waals surface area (Å²) in [5.74, 6) is 0.415. The van der Waals surface area contributed by atoms with Crippen molar-refractivity contribution in [1.82, 2.24) is 14.9 Å². The molecule has 4 aromatic rings. The third-order valence-electron chi connectivity index (χ3n) is 7.25. The quantitative estimate of drug-likeness (QED) is 0.275. The molecular formula is C30H33N5O3S2. The largest absolute Gasteiger partial charge is 0.495 e. The molecule has 0 aliphatic carbocycles. The van der Waals surface area contributed by atoms with Crippen LogP contribution in [0.2, 0.25) is 0 Å². The van der Waals surface area contributed by atoms with E-state index in [1.54, 1.807) is 18.3 Å². The summed E-state index contributed by atoms with van der Waals surface area (Å²) in [5, 5.41) is 4.02. The molecule has 1 aliphatic heterocycles. The minimum Gasteiger partial charge on any atom is -0.495 e. The van der Waals surface area contributed by atoms with E-state index in [-0.39, 0.29) is 12.1 Å². The summed E-state index contributed by atoms with van der Waals surface area (Å²) in [5.41, 5.74) is 8.73. The maximum Gasteiger partial charge on any atom is 0.229 e. The molecule has 3 heterocycles. The van der Waals surface area contributed by atoms with E-state index >= 15 is 0 Å². The van der Waals surface area contributed by atoms with Gasteiger partial charge in [-0.3, -0.25) is 9.71 Å². The van der Waals surface area contributed by atoms with Crippen LogP contribution < -0.4 is 19.7 Å². The molecule has 0 bridgehead atoms. The first kappa shape index (κ1) is 27.7. The Morgan fingerprint density at radius 3 is 2.48 bits per heavy atom. The molecular weight excluding hydrogens is 542 g/mol. The van der Waals surface area contributed by atoms with Gasteiger partial charge in [0.1, 0.15) is 5.75 Å². The molecule has 2 N–H and O–H groups in total. The number of hydrogen-bond acceptors (Lipinski definition) is 5. The van der Waals surface area contributed by atoms with Crippen LogP contribution in [0.25, 0.3) is 5.69 Å². The van der Waals surface area contributed by atoms with Crippen LogP contribution in [-0.2, 0) is 10.0 Å². The summed E-state index contributed by atoms with van der Waals surface area (Å²) in [4.78, 5) is 6.71. The molecule has 1 aliphatic rings. The molecule has 2 aromatic heterocycles. The molecule has 0 spiro atoms. The lowest BCUT2D eigenvalue weighted by atomic mass is 9.96. The van der Waals surface area contributed by atoms with Gasteiger partial charge in [0, 0.05) is 29.0 Å². The van der Waals surface area contributed by atoms with Crippen LogP contribution in [0.5, 0.6) is 5.75 Å². The van der Waals surface area contributed by atoms with Crippen molar-refractivity contribution in [2.24, 2.45) is 0 Å². The molecule has 10 heteroatoms. The lowest BCUT2D eigenvalue weighted by Gasteiger charge is -2.29. The second kappa shape index (κ2) is 10.6. The number of methoxy groups -OCH3 is 1. The van der Waals surface area contributed by atoms with Crippen LogP contribution >= 0.6 is 12.2 Å². The van der Waals surface area contributed by atoms with Crippen molar-refractivity contribution in [3.8, 4) is 11.4 Å². The minimum absolute atomic E-state index is 0.241. The fraction of sp³-hybridized carbons (Fsp3) is 0.267. The monoisotopic (exact) mass is 575 g/mol. The Morgan fingerprint density at radius 1 is 1.02 bits per heavy atom. The lowest BCUT2D eigenvalue weighted by molar-refractivity contribution is 0.417. The van der Waals surface area contributed by atoms with Crippen molar-refractivity contribution in [1.29, 1.82) is 0 Å². The Balaban J connectivity index is 1.70. The zero-order valence-electron chi connectivity index (χ0n) is 23.4. The summed E-state index contributed by atoms with van der Waals surface area (Å²) in [6.45, 7) is 8.46. The van der Waals surface area contributed by atoms with E-state index in [9.17, 15) is 8.42 Å². The number of anilines is 2. The first-order valence-electron chi connectivity index (χ1n) is 12.9. The summed E-state index contributed by atoms with van der Waals surface area (Å²) in [6.07, 6.45) is 2.89. The zero-order valence-corrected chi connectivity index (χ0v) is 25.0. The first-order chi connectivity index (χ1) is 19.0. The number of aryl methyl sites for hydroxylation is 3. The van der Waals surface area contributed by atoms with Crippen molar-refractivity contribution in [2.45, 2.75) is 39.8 Å². The number of ether oxygens (including phenoxy) is 1. The van der Waals surface area contributed by atoms with Gasteiger partial charge >= 0.3 is 0 Å². The third kappa shape index (κ3) is 5.16. The number of aromatic nitrogens is 2. The number of sulfonamides is 1. The molecule has 40 heavy (non-hydrogen) atoms. The fourth-order valence-electron chi connectivity index (χ4n) is 5.49.